The molecule has 70 valence electrons. The van der Waals surface area contributed by atoms with E-state index in [0.717, 1.165) is 5.56 Å². The number of hydrogen-bond donors (Lipinski definition) is 2. The topological polar surface area (TPSA) is 62.6 Å². The molecule has 0 radical (unpaired) electrons. The van der Waals surface area contributed by atoms with Gasteiger partial charge in [0.1, 0.15) is 0 Å². The standard InChI is InChI=1S/C8H12BNO3/c1-5-4-10-8(13-3)6(2)7(5)9(11)12/h4,11-12H,1-3H3. The Kier molecular flexibility index (Phi) is 2.90. The minimum Gasteiger partial charge on any atom is -0.481 e. The second-order valence-electron chi connectivity index (χ2n) is 2.86. The van der Waals surface area contributed by atoms with Crippen molar-refractivity contribution in [3.8, 4) is 5.88 Å². The molecule has 0 unspecified atom stereocenters. The fourth-order valence-corrected chi connectivity index (χ4v) is 1.34. The van der Waals surface area contributed by atoms with Crippen LogP contribution in [0.2, 0.25) is 0 Å². The molecule has 0 aromatic carbocycles. The van der Waals surface area contributed by atoms with Gasteiger partial charge in [0.05, 0.1) is 7.11 Å². The molecule has 0 aliphatic rings. The van der Waals surface area contributed by atoms with Gasteiger partial charge in [0, 0.05) is 11.8 Å². The van der Waals surface area contributed by atoms with Gasteiger partial charge in [0.25, 0.3) is 0 Å². The molecule has 4 nitrogen and oxygen atoms in total. The number of aryl methyl sites for hydroxylation is 1. The number of nitrogens with zero attached hydrogens (tertiary/aromatic N) is 1. The molecule has 0 amide bonds. The molecule has 5 heteroatoms. The van der Waals surface area contributed by atoms with Gasteiger partial charge in [-0.05, 0) is 24.9 Å². The van der Waals surface area contributed by atoms with Crippen LogP contribution >= 0.6 is 0 Å². The van der Waals surface area contributed by atoms with E-state index in [1.165, 1.54) is 7.11 Å². The summed E-state index contributed by atoms with van der Waals surface area (Å²) in [7, 11) is 0.0231. The van der Waals surface area contributed by atoms with E-state index < -0.39 is 7.12 Å². The molecule has 1 aromatic rings. The lowest BCUT2D eigenvalue weighted by atomic mass is 9.75. The van der Waals surface area contributed by atoms with Crippen LogP contribution in [0.4, 0.5) is 0 Å². The normalized spacial score (nSPS) is 9.92. The van der Waals surface area contributed by atoms with Gasteiger partial charge >= 0.3 is 7.12 Å². The van der Waals surface area contributed by atoms with Crippen LogP contribution in [0.5, 0.6) is 5.88 Å². The van der Waals surface area contributed by atoms with E-state index in [-0.39, 0.29) is 0 Å². The van der Waals surface area contributed by atoms with Crippen molar-refractivity contribution in [1.82, 2.24) is 4.98 Å². The van der Waals surface area contributed by atoms with Crippen LogP contribution in [0.15, 0.2) is 6.20 Å². The largest absolute Gasteiger partial charge is 0.489 e. The third-order valence-corrected chi connectivity index (χ3v) is 1.98. The predicted octanol–water partition coefficient (Wildman–Crippen LogP) is -0.613. The molecular formula is C8H12BNO3. The Hall–Kier alpha value is -1.07. The average molecular weight is 181 g/mol. The summed E-state index contributed by atoms with van der Waals surface area (Å²) in [5.74, 6) is 0.425. The van der Waals surface area contributed by atoms with Gasteiger partial charge in [0.15, 0.2) is 0 Å². The van der Waals surface area contributed by atoms with E-state index in [0.29, 0.717) is 16.9 Å². The van der Waals surface area contributed by atoms with Crippen molar-refractivity contribution in [2.24, 2.45) is 0 Å². The molecule has 0 atom stereocenters. The van der Waals surface area contributed by atoms with Crippen molar-refractivity contribution in [3.63, 3.8) is 0 Å². The van der Waals surface area contributed by atoms with Crippen LogP contribution in [0, 0.1) is 13.8 Å². The van der Waals surface area contributed by atoms with Crippen molar-refractivity contribution in [3.05, 3.63) is 17.3 Å². The molecule has 1 aromatic heterocycles. The van der Waals surface area contributed by atoms with Crippen molar-refractivity contribution < 1.29 is 14.8 Å². The summed E-state index contributed by atoms with van der Waals surface area (Å²) in [4.78, 5) is 3.99. The van der Waals surface area contributed by atoms with E-state index in [2.05, 4.69) is 4.98 Å². The summed E-state index contributed by atoms with van der Waals surface area (Å²) in [6, 6.07) is 0. The van der Waals surface area contributed by atoms with Gasteiger partial charge in [0.2, 0.25) is 5.88 Å². The SMILES string of the molecule is COc1ncc(C)c(B(O)O)c1C. The van der Waals surface area contributed by atoms with E-state index in [1.54, 1.807) is 20.0 Å². The molecule has 1 heterocycles. The first-order chi connectivity index (χ1) is 6.07. The maximum Gasteiger partial charge on any atom is 0.489 e. The predicted molar refractivity (Wildman–Crippen MR) is 50.1 cm³/mol. The molecule has 0 saturated carbocycles. The third-order valence-electron chi connectivity index (χ3n) is 1.98. The van der Waals surface area contributed by atoms with E-state index in [9.17, 15) is 0 Å². The number of pyridine rings is 1. The molecule has 0 spiro atoms. The van der Waals surface area contributed by atoms with Gasteiger partial charge in [-0.3, -0.25) is 0 Å². The second-order valence-corrected chi connectivity index (χ2v) is 2.86. The van der Waals surface area contributed by atoms with Gasteiger partial charge in [-0.1, -0.05) is 0 Å². The second kappa shape index (κ2) is 3.76. The quantitative estimate of drug-likeness (QED) is 0.597. The molecule has 13 heavy (non-hydrogen) atoms. The Morgan fingerprint density at radius 3 is 2.46 bits per heavy atom. The molecule has 1 rings (SSSR count). The van der Waals surface area contributed by atoms with Gasteiger partial charge < -0.3 is 14.8 Å². The molecule has 0 fully saturated rings. The summed E-state index contributed by atoms with van der Waals surface area (Å²) >= 11 is 0. The lowest BCUT2D eigenvalue weighted by Crippen LogP contribution is -2.35. The first-order valence-electron chi connectivity index (χ1n) is 3.94. The molecule has 0 aliphatic heterocycles. The highest BCUT2D eigenvalue weighted by Crippen LogP contribution is 2.12. The number of hydrogen-bond acceptors (Lipinski definition) is 4. The summed E-state index contributed by atoms with van der Waals surface area (Å²) in [6.07, 6.45) is 1.56. The zero-order valence-corrected chi connectivity index (χ0v) is 7.90. The maximum absolute atomic E-state index is 9.08. The van der Waals surface area contributed by atoms with Gasteiger partial charge in [-0.25, -0.2) is 4.98 Å². The highest BCUT2D eigenvalue weighted by atomic mass is 16.5. The first-order valence-corrected chi connectivity index (χ1v) is 3.94. The number of rotatable bonds is 2. The Balaban J connectivity index is 3.30. The Morgan fingerprint density at radius 1 is 1.38 bits per heavy atom. The van der Waals surface area contributed by atoms with Crippen molar-refractivity contribution in [2.75, 3.05) is 7.11 Å². The van der Waals surface area contributed by atoms with Crippen LogP contribution < -0.4 is 10.2 Å². The van der Waals surface area contributed by atoms with Gasteiger partial charge in [-0.2, -0.15) is 0 Å². The summed E-state index contributed by atoms with van der Waals surface area (Å²) in [5, 5.41) is 18.2. The smallest absolute Gasteiger partial charge is 0.481 e. The summed E-state index contributed by atoms with van der Waals surface area (Å²) < 4.78 is 4.96. The van der Waals surface area contributed by atoms with Gasteiger partial charge in [-0.15, -0.1) is 0 Å². The monoisotopic (exact) mass is 181 g/mol. The van der Waals surface area contributed by atoms with Crippen molar-refractivity contribution >= 4 is 12.6 Å². The van der Waals surface area contributed by atoms with Crippen LogP contribution in [0.25, 0.3) is 0 Å². The molecule has 2 N–H and O–H groups in total. The first kappa shape index (κ1) is 10.0. The van der Waals surface area contributed by atoms with E-state index in [1.807, 2.05) is 0 Å². The fourth-order valence-electron chi connectivity index (χ4n) is 1.34. The number of aromatic nitrogens is 1. The van der Waals surface area contributed by atoms with Crippen LogP contribution in [0.3, 0.4) is 0 Å². The maximum atomic E-state index is 9.08. The molecular weight excluding hydrogens is 169 g/mol. The third kappa shape index (κ3) is 1.81. The minimum atomic E-state index is -1.48. The Labute approximate surface area is 77.3 Å². The molecule has 0 bridgehead atoms. The summed E-state index contributed by atoms with van der Waals surface area (Å²) in [6.45, 7) is 3.52. The summed E-state index contributed by atoms with van der Waals surface area (Å²) in [5.41, 5.74) is 1.87. The average Bonchev–Trinajstić information content (AvgIpc) is 2.04. The molecule has 0 saturated heterocycles. The highest BCUT2D eigenvalue weighted by Gasteiger charge is 2.19. The van der Waals surface area contributed by atoms with Crippen LogP contribution in [-0.2, 0) is 0 Å². The lowest BCUT2D eigenvalue weighted by Gasteiger charge is -2.11. The Morgan fingerprint density at radius 2 is 2.00 bits per heavy atom. The zero-order valence-electron chi connectivity index (χ0n) is 7.90. The minimum absolute atomic E-state index is 0.425. The van der Waals surface area contributed by atoms with Crippen molar-refractivity contribution in [1.29, 1.82) is 0 Å². The van der Waals surface area contributed by atoms with E-state index in [4.69, 9.17) is 14.8 Å². The zero-order chi connectivity index (χ0) is 10.0. The fraction of sp³-hybridized carbons (Fsp3) is 0.375. The lowest BCUT2D eigenvalue weighted by molar-refractivity contribution is 0.393. The van der Waals surface area contributed by atoms with Crippen LogP contribution in [0.1, 0.15) is 11.1 Å². The van der Waals surface area contributed by atoms with E-state index >= 15 is 0 Å². The van der Waals surface area contributed by atoms with Crippen molar-refractivity contribution in [2.45, 2.75) is 13.8 Å². The molecule has 0 aliphatic carbocycles. The highest BCUT2D eigenvalue weighted by molar-refractivity contribution is 6.59. The Bertz CT molecular complexity index is 315. The van der Waals surface area contributed by atoms with Crippen LogP contribution in [-0.4, -0.2) is 29.3 Å². The number of ether oxygens (including phenoxy) is 1. The number of methoxy groups -OCH3 is 1.